The van der Waals surface area contributed by atoms with Gasteiger partial charge in [0.05, 0.1) is 28.1 Å². The highest BCUT2D eigenvalue weighted by Crippen LogP contribution is 2.40. The minimum absolute atomic E-state index is 0.0738. The summed E-state index contributed by atoms with van der Waals surface area (Å²) in [6.45, 7) is 13.5. The SMILES string of the molecule is CC(C)(C)c1ccc(-c2cc(-c3ccc(C(C)(C)C)cc3)n(-c3ccc(-c4ccccc4-c4ccccc4-c4ccc(-n5c6ccccc6c6ccccc65)cc4)cc3)n2)cc1. The van der Waals surface area contributed by atoms with E-state index in [1.807, 2.05) is 0 Å². The van der Waals surface area contributed by atoms with Crippen molar-refractivity contribution in [3.8, 4) is 67.3 Å². The van der Waals surface area contributed by atoms with Crippen LogP contribution in [0.4, 0.5) is 0 Å². The highest BCUT2D eigenvalue weighted by molar-refractivity contribution is 6.09. The second-order valence-electron chi connectivity index (χ2n) is 18.5. The number of fused-ring (bicyclic) bond motifs is 3. The monoisotopic (exact) mass is 801 g/mol. The Morgan fingerprint density at radius 3 is 1.21 bits per heavy atom. The van der Waals surface area contributed by atoms with E-state index in [0.717, 1.165) is 39.5 Å². The summed E-state index contributed by atoms with van der Waals surface area (Å²) in [5.74, 6) is 0. The lowest BCUT2D eigenvalue weighted by molar-refractivity contribution is 0.590. The summed E-state index contributed by atoms with van der Waals surface area (Å²) in [5.41, 5.74) is 18.8. The summed E-state index contributed by atoms with van der Waals surface area (Å²) in [4.78, 5) is 0. The predicted molar refractivity (Wildman–Crippen MR) is 262 cm³/mol. The second kappa shape index (κ2) is 15.3. The molecule has 8 aromatic carbocycles. The number of benzene rings is 8. The molecule has 0 spiro atoms. The van der Waals surface area contributed by atoms with Crippen molar-refractivity contribution in [3.05, 3.63) is 211 Å². The van der Waals surface area contributed by atoms with Crippen molar-refractivity contribution in [2.75, 3.05) is 0 Å². The van der Waals surface area contributed by atoms with Crippen LogP contribution in [-0.4, -0.2) is 14.3 Å². The Bertz CT molecular complexity index is 3150. The third-order valence-corrected chi connectivity index (χ3v) is 12.4. The zero-order valence-electron chi connectivity index (χ0n) is 36.4. The number of hydrogen-bond acceptors (Lipinski definition) is 1. The average Bonchev–Trinajstić information content (AvgIpc) is 3.89. The molecule has 10 rings (SSSR count). The van der Waals surface area contributed by atoms with Crippen LogP contribution in [0.25, 0.3) is 89.1 Å². The van der Waals surface area contributed by atoms with Gasteiger partial charge < -0.3 is 4.57 Å². The van der Waals surface area contributed by atoms with Crippen molar-refractivity contribution >= 4 is 21.8 Å². The molecule has 0 saturated heterocycles. The summed E-state index contributed by atoms with van der Waals surface area (Å²) < 4.78 is 4.48. The van der Waals surface area contributed by atoms with Gasteiger partial charge in [0.2, 0.25) is 0 Å². The predicted octanol–water partition coefficient (Wildman–Crippen LogP) is 15.9. The summed E-state index contributed by atoms with van der Waals surface area (Å²) in [7, 11) is 0. The molecule has 3 nitrogen and oxygen atoms in total. The van der Waals surface area contributed by atoms with Crippen LogP contribution in [0.3, 0.4) is 0 Å². The third-order valence-electron chi connectivity index (χ3n) is 12.4. The Morgan fingerprint density at radius 1 is 0.355 bits per heavy atom. The van der Waals surface area contributed by atoms with Gasteiger partial charge in [-0.2, -0.15) is 5.10 Å². The van der Waals surface area contributed by atoms with E-state index in [1.165, 1.54) is 60.8 Å². The normalized spacial score (nSPS) is 12.0. The molecule has 0 N–H and O–H groups in total. The van der Waals surface area contributed by atoms with Gasteiger partial charge in [0, 0.05) is 27.6 Å². The number of aromatic nitrogens is 3. The summed E-state index contributed by atoms with van der Waals surface area (Å²) in [5, 5.41) is 7.81. The molecule has 0 aliphatic rings. The molecule has 0 radical (unpaired) electrons. The van der Waals surface area contributed by atoms with E-state index in [0.29, 0.717) is 0 Å². The molecule has 0 atom stereocenters. The third kappa shape index (κ3) is 7.14. The van der Waals surface area contributed by atoms with Crippen molar-refractivity contribution in [1.29, 1.82) is 0 Å². The maximum atomic E-state index is 5.27. The van der Waals surface area contributed by atoms with E-state index in [-0.39, 0.29) is 10.8 Å². The van der Waals surface area contributed by atoms with Gasteiger partial charge in [0.15, 0.2) is 0 Å². The van der Waals surface area contributed by atoms with E-state index in [4.69, 9.17) is 5.10 Å². The molecule has 0 amide bonds. The van der Waals surface area contributed by atoms with Crippen LogP contribution >= 0.6 is 0 Å². The fraction of sp³-hybridized carbons (Fsp3) is 0.136. The van der Waals surface area contributed by atoms with Crippen LogP contribution in [0.2, 0.25) is 0 Å². The fourth-order valence-corrected chi connectivity index (χ4v) is 8.92. The minimum Gasteiger partial charge on any atom is -0.309 e. The molecule has 2 heterocycles. The Labute approximate surface area is 365 Å². The second-order valence-corrected chi connectivity index (χ2v) is 18.5. The highest BCUT2D eigenvalue weighted by Gasteiger charge is 2.20. The minimum atomic E-state index is 0.0738. The van der Waals surface area contributed by atoms with Gasteiger partial charge >= 0.3 is 0 Å². The maximum Gasteiger partial charge on any atom is 0.0934 e. The number of nitrogens with zero attached hydrogens (tertiary/aromatic N) is 3. The summed E-state index contributed by atoms with van der Waals surface area (Å²) in [6.07, 6.45) is 0. The topological polar surface area (TPSA) is 22.8 Å². The lowest BCUT2D eigenvalue weighted by atomic mass is 9.86. The molecule has 302 valence electrons. The number of hydrogen-bond donors (Lipinski definition) is 0. The first-order chi connectivity index (χ1) is 30.0. The van der Waals surface area contributed by atoms with Gasteiger partial charge in [-0.1, -0.05) is 199 Å². The number of para-hydroxylation sites is 2. The lowest BCUT2D eigenvalue weighted by Gasteiger charge is -2.19. The largest absolute Gasteiger partial charge is 0.309 e. The van der Waals surface area contributed by atoms with Crippen molar-refractivity contribution in [2.45, 2.75) is 52.4 Å². The van der Waals surface area contributed by atoms with Crippen molar-refractivity contribution in [3.63, 3.8) is 0 Å². The van der Waals surface area contributed by atoms with Crippen LogP contribution in [0.1, 0.15) is 52.7 Å². The van der Waals surface area contributed by atoms with E-state index < -0.39 is 0 Å². The van der Waals surface area contributed by atoms with Gasteiger partial charge in [-0.05, 0) is 97.8 Å². The molecule has 0 unspecified atom stereocenters. The molecular weight excluding hydrogens is 751 g/mol. The summed E-state index contributed by atoms with van der Waals surface area (Å²) in [6, 6.07) is 72.9. The van der Waals surface area contributed by atoms with E-state index in [9.17, 15) is 0 Å². The van der Waals surface area contributed by atoms with Crippen molar-refractivity contribution < 1.29 is 0 Å². The number of rotatable bonds is 7. The first-order valence-electron chi connectivity index (χ1n) is 21.7. The lowest BCUT2D eigenvalue weighted by Crippen LogP contribution is -2.10. The van der Waals surface area contributed by atoms with Gasteiger partial charge in [0.1, 0.15) is 0 Å². The standard InChI is InChI=1S/C59H51N3/c1-58(2,3)44-31-23-42(24-32-44)54-39-57(43-25-33-45(34-26-43)59(4,5)6)62(60-54)47-37-29-41(30-38-47)49-16-8-10-18-51(49)50-17-9-7-15-48(50)40-27-35-46(36-28-40)61-55-21-13-11-19-52(55)53-20-12-14-22-56(53)61/h7-39H,1-6H3. The van der Waals surface area contributed by atoms with E-state index >= 15 is 0 Å². The molecule has 3 heteroatoms. The zero-order chi connectivity index (χ0) is 42.6. The molecule has 0 aliphatic carbocycles. The van der Waals surface area contributed by atoms with Crippen molar-refractivity contribution in [2.24, 2.45) is 0 Å². The molecule has 0 fully saturated rings. The van der Waals surface area contributed by atoms with Crippen LogP contribution in [0.15, 0.2) is 200 Å². The van der Waals surface area contributed by atoms with Crippen LogP contribution < -0.4 is 0 Å². The van der Waals surface area contributed by atoms with Crippen LogP contribution in [0.5, 0.6) is 0 Å². The molecule has 62 heavy (non-hydrogen) atoms. The fourth-order valence-electron chi connectivity index (χ4n) is 8.92. The van der Waals surface area contributed by atoms with Crippen molar-refractivity contribution in [1.82, 2.24) is 14.3 Å². The van der Waals surface area contributed by atoms with Crippen LogP contribution in [0, 0.1) is 0 Å². The molecule has 0 saturated carbocycles. The van der Waals surface area contributed by atoms with Gasteiger partial charge in [-0.25, -0.2) is 4.68 Å². The molecule has 10 aromatic rings. The van der Waals surface area contributed by atoms with Gasteiger partial charge in [-0.3, -0.25) is 0 Å². The molecular formula is C59H51N3. The highest BCUT2D eigenvalue weighted by atomic mass is 15.3. The summed E-state index contributed by atoms with van der Waals surface area (Å²) >= 11 is 0. The Hall–Kier alpha value is -7.23. The molecule has 0 bridgehead atoms. The van der Waals surface area contributed by atoms with E-state index in [1.54, 1.807) is 0 Å². The zero-order valence-corrected chi connectivity index (χ0v) is 36.4. The molecule has 0 aliphatic heterocycles. The first-order valence-corrected chi connectivity index (χ1v) is 21.7. The van der Waals surface area contributed by atoms with Gasteiger partial charge in [-0.15, -0.1) is 0 Å². The smallest absolute Gasteiger partial charge is 0.0934 e. The Morgan fingerprint density at radius 2 is 0.742 bits per heavy atom. The average molecular weight is 802 g/mol. The first kappa shape index (κ1) is 38.9. The van der Waals surface area contributed by atoms with Crippen LogP contribution in [-0.2, 0) is 10.8 Å². The van der Waals surface area contributed by atoms with E-state index in [2.05, 4.69) is 251 Å². The quantitative estimate of drug-likeness (QED) is 0.157. The maximum absolute atomic E-state index is 5.27. The van der Waals surface area contributed by atoms with Gasteiger partial charge in [0.25, 0.3) is 0 Å². The Balaban J connectivity index is 1.00. The molecule has 2 aromatic heterocycles. The Kier molecular flexibility index (Phi) is 9.64.